The highest BCUT2D eigenvalue weighted by Crippen LogP contribution is 2.36. The van der Waals surface area contributed by atoms with Crippen molar-refractivity contribution >= 4 is 11.6 Å². The molecule has 0 bridgehead atoms. The summed E-state index contributed by atoms with van der Waals surface area (Å²) in [5.41, 5.74) is 4.65. The van der Waals surface area contributed by atoms with Crippen molar-refractivity contribution < 1.29 is 9.59 Å². The molecular weight excluding hydrogens is 384 g/mol. The fourth-order valence-corrected chi connectivity index (χ4v) is 5.16. The zero-order chi connectivity index (χ0) is 22.0. The summed E-state index contributed by atoms with van der Waals surface area (Å²) in [5.74, 6) is -0.0440. The van der Waals surface area contributed by atoms with Gasteiger partial charge in [0, 0.05) is 34.3 Å². The zero-order valence-electron chi connectivity index (χ0n) is 19.0. The molecule has 164 valence electrons. The smallest absolute Gasteiger partial charge is 0.194 e. The molecule has 2 aliphatic rings. The van der Waals surface area contributed by atoms with Crippen molar-refractivity contribution in [3.05, 3.63) is 69.8 Å². The topological polar surface area (TPSA) is 49.4 Å². The van der Waals surface area contributed by atoms with Gasteiger partial charge in [-0.15, -0.1) is 0 Å². The molecule has 0 fully saturated rings. The summed E-state index contributed by atoms with van der Waals surface area (Å²) >= 11 is 0. The number of carbonyl (C=O) groups excluding carboxylic acids is 2. The quantitative estimate of drug-likeness (QED) is 0.563. The van der Waals surface area contributed by atoms with Crippen molar-refractivity contribution in [3.63, 3.8) is 0 Å². The molecule has 2 aliphatic carbocycles. The highest BCUT2D eigenvalue weighted by molar-refractivity contribution is 6.28. The first-order valence-corrected chi connectivity index (χ1v) is 11.9. The Bertz CT molecular complexity index is 977. The fraction of sp³-hybridized carbons (Fsp3) is 0.481. The maximum absolute atomic E-state index is 13.2. The maximum Gasteiger partial charge on any atom is 0.194 e. The van der Waals surface area contributed by atoms with E-state index in [1.54, 1.807) is 12.1 Å². The van der Waals surface area contributed by atoms with E-state index in [2.05, 4.69) is 31.0 Å². The lowest BCUT2D eigenvalue weighted by Crippen LogP contribution is -2.34. The van der Waals surface area contributed by atoms with Crippen molar-refractivity contribution in [1.29, 1.82) is 0 Å². The molecule has 31 heavy (non-hydrogen) atoms. The van der Waals surface area contributed by atoms with Gasteiger partial charge in [-0.25, -0.2) is 0 Å². The molecule has 0 radical (unpaired) electrons. The highest BCUT2D eigenvalue weighted by Gasteiger charge is 2.32. The second-order valence-electron chi connectivity index (χ2n) is 8.98. The van der Waals surface area contributed by atoms with E-state index in [-0.39, 0.29) is 17.6 Å². The summed E-state index contributed by atoms with van der Waals surface area (Å²) in [7, 11) is 0. The minimum atomic E-state index is -0.0235. The second kappa shape index (κ2) is 9.46. The van der Waals surface area contributed by atoms with Gasteiger partial charge in [0.2, 0.25) is 0 Å². The third-order valence-electron chi connectivity index (χ3n) is 6.99. The van der Waals surface area contributed by atoms with E-state index in [0.29, 0.717) is 28.3 Å². The van der Waals surface area contributed by atoms with E-state index in [1.165, 1.54) is 17.5 Å². The SMILES string of the molecule is CCN(CC)CCC[C@H](C)N[C@@H]1CCCc2cc3c(cc21)C(=O)c1ccccc1C3=O. The van der Waals surface area contributed by atoms with Gasteiger partial charge in [-0.1, -0.05) is 38.1 Å². The summed E-state index contributed by atoms with van der Waals surface area (Å²) in [5, 5.41) is 3.82. The Hall–Kier alpha value is -2.30. The number of fused-ring (bicyclic) bond motifs is 3. The van der Waals surface area contributed by atoms with Gasteiger partial charge in [-0.05, 0) is 81.9 Å². The summed E-state index contributed by atoms with van der Waals surface area (Å²) in [4.78, 5) is 28.7. The first-order chi connectivity index (χ1) is 15.0. The van der Waals surface area contributed by atoms with Crippen molar-refractivity contribution in [2.45, 2.75) is 65.0 Å². The second-order valence-corrected chi connectivity index (χ2v) is 8.98. The minimum Gasteiger partial charge on any atom is -0.307 e. The Kier molecular flexibility index (Phi) is 6.68. The van der Waals surface area contributed by atoms with E-state index in [1.807, 2.05) is 24.3 Å². The lowest BCUT2D eigenvalue weighted by Gasteiger charge is -2.31. The number of nitrogens with zero attached hydrogens (tertiary/aromatic N) is 1. The number of carbonyl (C=O) groups is 2. The molecule has 0 aromatic heterocycles. The first kappa shape index (κ1) is 21.9. The van der Waals surface area contributed by atoms with Crippen molar-refractivity contribution in [2.75, 3.05) is 19.6 Å². The number of rotatable bonds is 8. The molecule has 0 spiro atoms. The average Bonchev–Trinajstić information content (AvgIpc) is 2.79. The van der Waals surface area contributed by atoms with Crippen LogP contribution in [0.25, 0.3) is 0 Å². The normalized spacial score (nSPS) is 18.5. The molecule has 2 aromatic carbocycles. The lowest BCUT2D eigenvalue weighted by molar-refractivity contribution is 0.0979. The lowest BCUT2D eigenvalue weighted by atomic mass is 9.78. The predicted octanol–water partition coefficient (Wildman–Crippen LogP) is 4.94. The van der Waals surface area contributed by atoms with Crippen LogP contribution in [0.5, 0.6) is 0 Å². The van der Waals surface area contributed by atoms with Crippen LogP contribution in [0.1, 0.15) is 95.5 Å². The van der Waals surface area contributed by atoms with Gasteiger partial charge in [0.25, 0.3) is 0 Å². The van der Waals surface area contributed by atoms with Gasteiger partial charge in [-0.3, -0.25) is 9.59 Å². The largest absolute Gasteiger partial charge is 0.307 e. The molecule has 1 N–H and O–H groups in total. The molecule has 4 nitrogen and oxygen atoms in total. The molecule has 2 atom stereocenters. The summed E-state index contributed by atoms with van der Waals surface area (Å²) in [6.07, 6.45) is 5.47. The Morgan fingerprint density at radius 1 is 1.00 bits per heavy atom. The van der Waals surface area contributed by atoms with Crippen molar-refractivity contribution in [2.24, 2.45) is 0 Å². The van der Waals surface area contributed by atoms with Crippen LogP contribution in [0.2, 0.25) is 0 Å². The van der Waals surface area contributed by atoms with Gasteiger partial charge in [0.1, 0.15) is 0 Å². The van der Waals surface area contributed by atoms with Crippen molar-refractivity contribution in [1.82, 2.24) is 10.2 Å². The first-order valence-electron chi connectivity index (χ1n) is 11.9. The molecular formula is C27H34N2O2. The van der Waals surface area contributed by atoms with E-state index < -0.39 is 0 Å². The Labute approximate surface area is 186 Å². The molecule has 0 saturated heterocycles. The molecule has 4 rings (SSSR count). The summed E-state index contributed by atoms with van der Waals surface area (Å²) < 4.78 is 0. The van der Waals surface area contributed by atoms with Crippen LogP contribution in [0, 0.1) is 0 Å². The van der Waals surface area contributed by atoms with Crippen LogP contribution >= 0.6 is 0 Å². The number of aryl methyl sites for hydroxylation is 1. The summed E-state index contributed by atoms with van der Waals surface area (Å²) in [6, 6.07) is 11.9. The van der Waals surface area contributed by atoms with Gasteiger partial charge in [0.15, 0.2) is 11.6 Å². The van der Waals surface area contributed by atoms with Crippen molar-refractivity contribution in [3.8, 4) is 0 Å². The number of ketones is 2. The average molecular weight is 419 g/mol. The van der Waals surface area contributed by atoms with Crippen LogP contribution in [0.4, 0.5) is 0 Å². The van der Waals surface area contributed by atoms with Crippen LogP contribution in [-0.4, -0.2) is 42.1 Å². The van der Waals surface area contributed by atoms with Gasteiger partial charge >= 0.3 is 0 Å². The highest BCUT2D eigenvalue weighted by atomic mass is 16.1. The standard InChI is InChI=1S/C27H34N2O2/c1-4-29(5-2)15-9-10-18(3)28-25-14-8-11-19-16-23-24(17-22(19)25)27(31)21-13-7-6-12-20(21)26(23)30/h6-7,12-13,16-18,25,28H,4-5,8-11,14-15H2,1-3H3/t18-,25+/m0/s1. The minimum absolute atomic E-state index is 0.0205. The Balaban J connectivity index is 1.53. The number of benzene rings is 2. The molecule has 0 aliphatic heterocycles. The Morgan fingerprint density at radius 3 is 2.29 bits per heavy atom. The van der Waals surface area contributed by atoms with Crippen LogP contribution < -0.4 is 5.32 Å². The molecule has 4 heteroatoms. The maximum atomic E-state index is 13.2. The van der Waals surface area contributed by atoms with E-state index in [4.69, 9.17) is 0 Å². The zero-order valence-corrected chi connectivity index (χ0v) is 19.0. The molecule has 0 heterocycles. The van der Waals surface area contributed by atoms with E-state index in [0.717, 1.165) is 45.3 Å². The number of hydrogen-bond donors (Lipinski definition) is 1. The monoisotopic (exact) mass is 418 g/mol. The van der Waals surface area contributed by atoms with Gasteiger partial charge < -0.3 is 10.2 Å². The fourth-order valence-electron chi connectivity index (χ4n) is 5.16. The van der Waals surface area contributed by atoms with E-state index in [9.17, 15) is 9.59 Å². The molecule has 0 unspecified atom stereocenters. The predicted molar refractivity (Wildman–Crippen MR) is 125 cm³/mol. The number of hydrogen-bond acceptors (Lipinski definition) is 4. The van der Waals surface area contributed by atoms with Crippen LogP contribution in [-0.2, 0) is 6.42 Å². The molecule has 2 aromatic rings. The van der Waals surface area contributed by atoms with Crippen LogP contribution in [0.3, 0.4) is 0 Å². The summed E-state index contributed by atoms with van der Waals surface area (Å²) in [6.45, 7) is 10.1. The molecule has 0 saturated carbocycles. The van der Waals surface area contributed by atoms with Crippen LogP contribution in [0.15, 0.2) is 36.4 Å². The molecule has 0 amide bonds. The third kappa shape index (κ3) is 4.37. The Morgan fingerprint density at radius 2 is 1.65 bits per heavy atom. The third-order valence-corrected chi connectivity index (χ3v) is 6.99. The number of nitrogens with one attached hydrogen (secondary N) is 1. The van der Waals surface area contributed by atoms with Gasteiger partial charge in [0.05, 0.1) is 0 Å². The van der Waals surface area contributed by atoms with E-state index >= 15 is 0 Å². The van der Waals surface area contributed by atoms with Gasteiger partial charge in [-0.2, -0.15) is 0 Å².